The SMILES string of the molecule is Cc1ccc(C(C)C)cc1-c1nc(CC(=O)O)cs1. The van der Waals surface area contributed by atoms with E-state index in [4.69, 9.17) is 5.11 Å². The predicted octanol–water partition coefficient (Wildman–Crippen LogP) is 3.87. The molecule has 0 spiro atoms. The Balaban J connectivity index is 2.37. The van der Waals surface area contributed by atoms with Crippen molar-refractivity contribution < 1.29 is 9.90 Å². The van der Waals surface area contributed by atoms with Crippen molar-refractivity contribution in [3.8, 4) is 10.6 Å². The number of hydrogen-bond acceptors (Lipinski definition) is 3. The van der Waals surface area contributed by atoms with E-state index in [1.165, 1.54) is 22.5 Å². The van der Waals surface area contributed by atoms with E-state index < -0.39 is 5.97 Å². The van der Waals surface area contributed by atoms with Gasteiger partial charge in [0, 0.05) is 10.9 Å². The van der Waals surface area contributed by atoms with Crippen LogP contribution >= 0.6 is 11.3 Å². The van der Waals surface area contributed by atoms with Crippen molar-refractivity contribution in [3.63, 3.8) is 0 Å². The maximum Gasteiger partial charge on any atom is 0.309 e. The van der Waals surface area contributed by atoms with Gasteiger partial charge in [0.05, 0.1) is 12.1 Å². The molecule has 0 saturated carbocycles. The predicted molar refractivity (Wildman–Crippen MR) is 77.7 cm³/mol. The van der Waals surface area contributed by atoms with Gasteiger partial charge in [-0.3, -0.25) is 4.79 Å². The molecular weight excluding hydrogens is 258 g/mol. The zero-order chi connectivity index (χ0) is 14.0. The number of aliphatic carboxylic acids is 1. The molecule has 0 saturated heterocycles. The molecule has 0 fully saturated rings. The van der Waals surface area contributed by atoms with Crippen LogP contribution < -0.4 is 0 Å². The number of carboxylic acids is 1. The highest BCUT2D eigenvalue weighted by Crippen LogP contribution is 2.30. The first-order chi connectivity index (χ1) is 8.97. The highest BCUT2D eigenvalue weighted by molar-refractivity contribution is 7.13. The van der Waals surface area contributed by atoms with E-state index in [9.17, 15) is 4.79 Å². The van der Waals surface area contributed by atoms with Crippen LogP contribution in [0.25, 0.3) is 10.6 Å². The molecule has 0 aliphatic carbocycles. The van der Waals surface area contributed by atoms with Crippen LogP contribution in [0, 0.1) is 6.92 Å². The number of nitrogens with zero attached hydrogens (tertiary/aromatic N) is 1. The van der Waals surface area contributed by atoms with Gasteiger partial charge in [0.15, 0.2) is 0 Å². The van der Waals surface area contributed by atoms with E-state index in [2.05, 4.69) is 44.0 Å². The number of carbonyl (C=O) groups is 1. The topological polar surface area (TPSA) is 50.2 Å². The van der Waals surface area contributed by atoms with E-state index in [0.29, 0.717) is 11.6 Å². The summed E-state index contributed by atoms with van der Waals surface area (Å²) in [5, 5.41) is 11.5. The van der Waals surface area contributed by atoms with Crippen molar-refractivity contribution in [1.29, 1.82) is 0 Å². The monoisotopic (exact) mass is 275 g/mol. The smallest absolute Gasteiger partial charge is 0.309 e. The third-order valence-electron chi connectivity index (χ3n) is 3.04. The number of hydrogen-bond donors (Lipinski definition) is 1. The molecule has 0 radical (unpaired) electrons. The Hall–Kier alpha value is -1.68. The third-order valence-corrected chi connectivity index (χ3v) is 3.97. The summed E-state index contributed by atoms with van der Waals surface area (Å²) >= 11 is 1.50. The van der Waals surface area contributed by atoms with Crippen LogP contribution in [0.4, 0.5) is 0 Å². The second kappa shape index (κ2) is 5.53. The van der Waals surface area contributed by atoms with Gasteiger partial charge in [-0.1, -0.05) is 26.0 Å². The molecule has 1 heterocycles. The van der Waals surface area contributed by atoms with Crippen molar-refractivity contribution in [2.45, 2.75) is 33.1 Å². The van der Waals surface area contributed by atoms with Gasteiger partial charge in [0.25, 0.3) is 0 Å². The molecule has 0 atom stereocenters. The second-order valence-electron chi connectivity index (χ2n) is 4.94. The van der Waals surface area contributed by atoms with Crippen LogP contribution in [0.15, 0.2) is 23.6 Å². The highest BCUT2D eigenvalue weighted by atomic mass is 32.1. The van der Waals surface area contributed by atoms with Crippen molar-refractivity contribution in [3.05, 3.63) is 40.4 Å². The molecule has 2 rings (SSSR count). The number of rotatable bonds is 4. The molecule has 0 aliphatic rings. The lowest BCUT2D eigenvalue weighted by Gasteiger charge is -2.09. The molecule has 1 aromatic heterocycles. The minimum absolute atomic E-state index is 0.0145. The van der Waals surface area contributed by atoms with E-state index in [1.54, 1.807) is 0 Å². The molecule has 1 N–H and O–H groups in total. The lowest BCUT2D eigenvalue weighted by atomic mass is 9.98. The van der Waals surface area contributed by atoms with Gasteiger partial charge in [-0.05, 0) is 30.0 Å². The van der Waals surface area contributed by atoms with Gasteiger partial charge in [0.2, 0.25) is 0 Å². The van der Waals surface area contributed by atoms with Gasteiger partial charge < -0.3 is 5.11 Å². The average molecular weight is 275 g/mol. The van der Waals surface area contributed by atoms with E-state index >= 15 is 0 Å². The van der Waals surface area contributed by atoms with Crippen LogP contribution in [0.3, 0.4) is 0 Å². The van der Waals surface area contributed by atoms with E-state index in [1.807, 2.05) is 5.38 Å². The maximum atomic E-state index is 10.7. The molecule has 0 amide bonds. The summed E-state index contributed by atoms with van der Waals surface area (Å²) in [7, 11) is 0. The first-order valence-electron chi connectivity index (χ1n) is 6.24. The Morgan fingerprint density at radius 1 is 1.42 bits per heavy atom. The van der Waals surface area contributed by atoms with Gasteiger partial charge in [-0.2, -0.15) is 0 Å². The van der Waals surface area contributed by atoms with Gasteiger partial charge in [0.1, 0.15) is 5.01 Å². The fraction of sp³-hybridized carbons (Fsp3) is 0.333. The Bertz CT molecular complexity index is 602. The number of aromatic nitrogens is 1. The van der Waals surface area contributed by atoms with Crippen molar-refractivity contribution in [1.82, 2.24) is 4.98 Å². The number of aryl methyl sites for hydroxylation is 1. The fourth-order valence-corrected chi connectivity index (χ4v) is 2.80. The Morgan fingerprint density at radius 3 is 2.79 bits per heavy atom. The zero-order valence-corrected chi connectivity index (χ0v) is 12.1. The third kappa shape index (κ3) is 3.20. The first kappa shape index (κ1) is 13.7. The summed E-state index contributed by atoms with van der Waals surface area (Å²) in [5.74, 6) is -0.373. The fourth-order valence-electron chi connectivity index (χ4n) is 1.90. The van der Waals surface area contributed by atoms with Gasteiger partial charge in [-0.25, -0.2) is 4.98 Å². The molecule has 0 bridgehead atoms. The molecular formula is C15H17NO2S. The first-order valence-corrected chi connectivity index (χ1v) is 7.12. The van der Waals surface area contributed by atoms with Crippen molar-refractivity contribution in [2.75, 3.05) is 0 Å². The molecule has 1 aromatic carbocycles. The molecule has 100 valence electrons. The number of carboxylic acid groups (broad SMARTS) is 1. The van der Waals surface area contributed by atoms with Crippen LogP contribution in [0.5, 0.6) is 0 Å². The summed E-state index contributed by atoms with van der Waals surface area (Å²) in [6, 6.07) is 6.39. The minimum atomic E-state index is -0.843. The summed E-state index contributed by atoms with van der Waals surface area (Å²) < 4.78 is 0. The standard InChI is InChI=1S/C15H17NO2S/c1-9(2)11-5-4-10(3)13(6-11)15-16-12(8-19-15)7-14(17)18/h4-6,8-9H,7H2,1-3H3,(H,17,18). The lowest BCUT2D eigenvalue weighted by Crippen LogP contribution is -2.00. The summed E-state index contributed by atoms with van der Waals surface area (Å²) in [6.45, 7) is 6.37. The van der Waals surface area contributed by atoms with Crippen LogP contribution in [0.2, 0.25) is 0 Å². The number of benzene rings is 1. The highest BCUT2D eigenvalue weighted by Gasteiger charge is 2.11. The summed E-state index contributed by atoms with van der Waals surface area (Å²) in [5.41, 5.74) is 4.17. The second-order valence-corrected chi connectivity index (χ2v) is 5.80. The molecule has 0 aliphatic heterocycles. The van der Waals surface area contributed by atoms with Crippen LogP contribution in [0.1, 0.15) is 36.6 Å². The molecule has 4 heteroatoms. The molecule has 3 nitrogen and oxygen atoms in total. The lowest BCUT2D eigenvalue weighted by molar-refractivity contribution is -0.136. The van der Waals surface area contributed by atoms with Gasteiger partial charge >= 0.3 is 5.97 Å². The van der Waals surface area contributed by atoms with E-state index in [-0.39, 0.29) is 6.42 Å². The molecule has 19 heavy (non-hydrogen) atoms. The Kier molecular flexibility index (Phi) is 4.00. The van der Waals surface area contributed by atoms with Crippen LogP contribution in [-0.4, -0.2) is 16.1 Å². The maximum absolute atomic E-state index is 10.7. The Labute approximate surface area is 116 Å². The zero-order valence-electron chi connectivity index (χ0n) is 11.3. The van der Waals surface area contributed by atoms with Crippen molar-refractivity contribution >= 4 is 17.3 Å². The van der Waals surface area contributed by atoms with Gasteiger partial charge in [-0.15, -0.1) is 11.3 Å². The summed E-state index contributed by atoms with van der Waals surface area (Å²) in [6.07, 6.45) is -0.0145. The van der Waals surface area contributed by atoms with Crippen molar-refractivity contribution in [2.24, 2.45) is 0 Å². The summed E-state index contributed by atoms with van der Waals surface area (Å²) in [4.78, 5) is 15.1. The number of thiazole rings is 1. The normalized spacial score (nSPS) is 10.9. The minimum Gasteiger partial charge on any atom is -0.481 e. The largest absolute Gasteiger partial charge is 0.481 e. The average Bonchev–Trinajstić information content (AvgIpc) is 2.76. The van der Waals surface area contributed by atoms with Crippen LogP contribution in [-0.2, 0) is 11.2 Å². The molecule has 2 aromatic rings. The Morgan fingerprint density at radius 2 is 2.16 bits per heavy atom. The molecule has 0 unspecified atom stereocenters. The van der Waals surface area contributed by atoms with E-state index in [0.717, 1.165) is 10.6 Å². The quantitative estimate of drug-likeness (QED) is 0.921.